The van der Waals surface area contributed by atoms with Crippen LogP contribution < -0.4 is 5.73 Å². The van der Waals surface area contributed by atoms with E-state index in [0.29, 0.717) is 28.4 Å². The maximum atomic E-state index is 12.5. The van der Waals surface area contributed by atoms with Crippen LogP contribution in [0.3, 0.4) is 0 Å². The highest BCUT2D eigenvalue weighted by atomic mass is 79.9. The molecule has 1 atom stereocenters. The summed E-state index contributed by atoms with van der Waals surface area (Å²) in [6.45, 7) is 4.43. The van der Waals surface area contributed by atoms with Gasteiger partial charge >= 0.3 is 0 Å². The minimum atomic E-state index is -3.54. The van der Waals surface area contributed by atoms with Gasteiger partial charge in [-0.25, -0.2) is 12.7 Å². The first-order chi connectivity index (χ1) is 9.16. The second kappa shape index (κ2) is 8.70. The second-order valence-electron chi connectivity index (χ2n) is 5.10. The third-order valence-electron chi connectivity index (χ3n) is 3.22. The molecule has 1 rings (SSSR count). The topological polar surface area (TPSA) is 63.4 Å². The predicted molar refractivity (Wildman–Crippen MR) is 93.6 cm³/mol. The third kappa shape index (κ3) is 5.69. The lowest BCUT2D eigenvalue weighted by atomic mass is 10.0. The van der Waals surface area contributed by atoms with Gasteiger partial charge in [-0.15, -0.1) is 12.4 Å². The van der Waals surface area contributed by atoms with E-state index in [1.807, 2.05) is 13.8 Å². The van der Waals surface area contributed by atoms with Crippen LogP contribution >= 0.6 is 39.9 Å². The largest absolute Gasteiger partial charge is 0.327 e. The van der Waals surface area contributed by atoms with Crippen LogP contribution in [0.5, 0.6) is 0 Å². The van der Waals surface area contributed by atoms with Crippen molar-refractivity contribution in [2.75, 3.05) is 13.6 Å². The smallest absolute Gasteiger partial charge is 0.243 e. The highest BCUT2D eigenvalue weighted by Gasteiger charge is 2.24. The lowest BCUT2D eigenvalue weighted by molar-refractivity contribution is 0.397. The van der Waals surface area contributed by atoms with Crippen molar-refractivity contribution in [1.82, 2.24) is 4.31 Å². The van der Waals surface area contributed by atoms with Crippen LogP contribution in [-0.4, -0.2) is 32.4 Å². The van der Waals surface area contributed by atoms with Gasteiger partial charge in [-0.3, -0.25) is 0 Å². The van der Waals surface area contributed by atoms with E-state index in [1.54, 1.807) is 19.2 Å². The van der Waals surface area contributed by atoms with Crippen molar-refractivity contribution in [3.8, 4) is 0 Å². The van der Waals surface area contributed by atoms with Gasteiger partial charge in [-0.2, -0.15) is 0 Å². The lowest BCUT2D eigenvalue weighted by Gasteiger charge is -2.21. The lowest BCUT2D eigenvalue weighted by Crippen LogP contribution is -2.34. The van der Waals surface area contributed by atoms with E-state index in [-0.39, 0.29) is 23.3 Å². The SMILES string of the molecule is CC(C)C(N)CCN(C)S(=O)(=O)c1ccc(Cl)cc1Br.Cl. The molecule has 122 valence electrons. The molecule has 0 aliphatic heterocycles. The first-order valence-electron chi connectivity index (χ1n) is 6.33. The summed E-state index contributed by atoms with van der Waals surface area (Å²) in [5.74, 6) is 0.327. The second-order valence-corrected chi connectivity index (χ2v) is 8.40. The fourth-order valence-electron chi connectivity index (χ4n) is 1.64. The van der Waals surface area contributed by atoms with E-state index in [0.717, 1.165) is 0 Å². The zero-order chi connectivity index (χ0) is 15.5. The van der Waals surface area contributed by atoms with Gasteiger partial charge in [-0.1, -0.05) is 25.4 Å². The first kappa shape index (κ1) is 21.1. The Morgan fingerprint density at radius 3 is 2.43 bits per heavy atom. The molecule has 0 radical (unpaired) electrons. The molecule has 8 heteroatoms. The number of nitrogens with zero attached hydrogens (tertiary/aromatic N) is 1. The molecule has 1 unspecified atom stereocenters. The Hall–Kier alpha value is 0.150. The van der Waals surface area contributed by atoms with Crippen molar-refractivity contribution in [2.45, 2.75) is 31.2 Å². The van der Waals surface area contributed by atoms with Crippen molar-refractivity contribution in [3.05, 3.63) is 27.7 Å². The molecule has 0 saturated carbocycles. The van der Waals surface area contributed by atoms with Gasteiger partial charge < -0.3 is 5.73 Å². The summed E-state index contributed by atoms with van der Waals surface area (Å²) in [6.07, 6.45) is 0.624. The highest BCUT2D eigenvalue weighted by Crippen LogP contribution is 2.27. The standard InChI is InChI=1S/C13H20BrClN2O2S.ClH/c1-9(2)12(16)6-7-17(3)20(18,19)13-5-4-10(15)8-11(13)14;/h4-5,8-9,12H,6-7,16H2,1-3H3;1H. The van der Waals surface area contributed by atoms with Crippen molar-refractivity contribution in [3.63, 3.8) is 0 Å². The Bertz CT molecular complexity index is 567. The molecule has 0 aliphatic carbocycles. The molecule has 0 aliphatic rings. The average molecular weight is 420 g/mol. The average Bonchev–Trinajstić information content (AvgIpc) is 2.34. The normalized spacial score (nSPS) is 13.3. The van der Waals surface area contributed by atoms with Crippen LogP contribution in [0.2, 0.25) is 5.02 Å². The first-order valence-corrected chi connectivity index (χ1v) is 8.94. The van der Waals surface area contributed by atoms with Crippen molar-refractivity contribution in [1.29, 1.82) is 0 Å². The molecule has 0 fully saturated rings. The van der Waals surface area contributed by atoms with Gasteiger partial charge in [0, 0.05) is 29.1 Å². The zero-order valence-corrected chi connectivity index (χ0v) is 16.2. The van der Waals surface area contributed by atoms with E-state index in [1.165, 1.54) is 10.4 Å². The van der Waals surface area contributed by atoms with E-state index in [2.05, 4.69) is 15.9 Å². The number of nitrogens with two attached hydrogens (primary N) is 1. The monoisotopic (exact) mass is 418 g/mol. The van der Waals surface area contributed by atoms with Crippen LogP contribution in [0.1, 0.15) is 20.3 Å². The van der Waals surface area contributed by atoms with Crippen LogP contribution in [0.15, 0.2) is 27.6 Å². The molecule has 21 heavy (non-hydrogen) atoms. The maximum Gasteiger partial charge on any atom is 0.243 e. The summed E-state index contributed by atoms with van der Waals surface area (Å²) in [6, 6.07) is 4.62. The number of hydrogen-bond donors (Lipinski definition) is 1. The van der Waals surface area contributed by atoms with Crippen molar-refractivity contribution >= 4 is 50.0 Å². The van der Waals surface area contributed by atoms with Gasteiger partial charge in [0.1, 0.15) is 0 Å². The van der Waals surface area contributed by atoms with Crippen LogP contribution in [0.4, 0.5) is 0 Å². The van der Waals surface area contributed by atoms with Crippen molar-refractivity contribution < 1.29 is 8.42 Å². The Kier molecular flexibility index (Phi) is 8.76. The van der Waals surface area contributed by atoms with Crippen molar-refractivity contribution in [2.24, 2.45) is 11.7 Å². The van der Waals surface area contributed by atoms with E-state index in [4.69, 9.17) is 17.3 Å². The Balaban J connectivity index is 0.00000400. The summed E-state index contributed by atoms with van der Waals surface area (Å²) in [4.78, 5) is 0.211. The van der Waals surface area contributed by atoms with E-state index < -0.39 is 10.0 Å². The number of sulfonamides is 1. The molecular weight excluding hydrogens is 399 g/mol. The minimum Gasteiger partial charge on any atom is -0.327 e. The summed E-state index contributed by atoms with van der Waals surface area (Å²) < 4.78 is 26.7. The molecule has 0 amide bonds. The Morgan fingerprint density at radius 1 is 1.38 bits per heavy atom. The Labute approximate surface area is 146 Å². The molecule has 1 aromatic carbocycles. The molecular formula is C13H21BrCl2N2O2S. The van der Waals surface area contributed by atoms with Crippen LogP contribution in [0.25, 0.3) is 0 Å². The molecule has 0 spiro atoms. The van der Waals surface area contributed by atoms with E-state index >= 15 is 0 Å². The number of benzene rings is 1. The maximum absolute atomic E-state index is 12.5. The molecule has 0 heterocycles. The van der Waals surface area contributed by atoms with Gasteiger partial charge in [0.05, 0.1) is 4.90 Å². The number of halogens is 3. The summed E-state index contributed by atoms with van der Waals surface area (Å²) >= 11 is 9.07. The molecule has 4 nitrogen and oxygen atoms in total. The third-order valence-corrected chi connectivity index (χ3v) is 6.28. The molecule has 0 saturated heterocycles. The predicted octanol–water partition coefficient (Wildman–Crippen LogP) is 3.52. The minimum absolute atomic E-state index is 0. The Morgan fingerprint density at radius 2 is 1.95 bits per heavy atom. The molecule has 0 bridgehead atoms. The van der Waals surface area contributed by atoms with Crippen LogP contribution in [0, 0.1) is 5.92 Å². The fraction of sp³-hybridized carbons (Fsp3) is 0.538. The molecule has 2 N–H and O–H groups in total. The van der Waals surface area contributed by atoms with Gasteiger partial charge in [-0.05, 0) is 46.5 Å². The quantitative estimate of drug-likeness (QED) is 0.766. The molecule has 0 aromatic heterocycles. The number of hydrogen-bond acceptors (Lipinski definition) is 3. The van der Waals surface area contributed by atoms with Gasteiger partial charge in [0.25, 0.3) is 0 Å². The number of rotatable bonds is 6. The fourth-order valence-corrected chi connectivity index (χ4v) is 4.16. The highest BCUT2D eigenvalue weighted by molar-refractivity contribution is 9.10. The van der Waals surface area contributed by atoms with Crippen LogP contribution in [-0.2, 0) is 10.0 Å². The zero-order valence-electron chi connectivity index (χ0n) is 12.2. The summed E-state index contributed by atoms with van der Waals surface area (Å²) in [7, 11) is -1.98. The molecule has 1 aromatic rings. The van der Waals surface area contributed by atoms with Gasteiger partial charge in [0.2, 0.25) is 10.0 Å². The summed E-state index contributed by atoms with van der Waals surface area (Å²) in [5, 5.41) is 0.486. The van der Waals surface area contributed by atoms with Gasteiger partial charge in [0.15, 0.2) is 0 Å². The summed E-state index contributed by atoms with van der Waals surface area (Å²) in [5.41, 5.74) is 5.95. The van der Waals surface area contributed by atoms with E-state index in [9.17, 15) is 8.42 Å².